The molecule has 5 heteroatoms. The summed E-state index contributed by atoms with van der Waals surface area (Å²) in [5.74, 6) is 1.50. The standard InChI is InChI=1S/C16H13Cl2N3/c17-11-2-1-3-12(18)15(11)21-14-7-6-10(19)8-13(14)20-16(21)9-4-5-9/h1-3,6-9H,4-5,19H2. The van der Waals surface area contributed by atoms with Crippen LogP contribution >= 0.6 is 23.2 Å². The topological polar surface area (TPSA) is 43.8 Å². The lowest BCUT2D eigenvalue weighted by Crippen LogP contribution is -2.01. The molecule has 0 unspecified atom stereocenters. The molecule has 2 N–H and O–H groups in total. The zero-order chi connectivity index (χ0) is 14.6. The van der Waals surface area contributed by atoms with Gasteiger partial charge in [-0.25, -0.2) is 4.98 Å². The summed E-state index contributed by atoms with van der Waals surface area (Å²) in [6.07, 6.45) is 2.31. The predicted octanol–water partition coefficient (Wildman–Crippen LogP) is 4.79. The van der Waals surface area contributed by atoms with Crippen LogP contribution in [0.5, 0.6) is 0 Å². The van der Waals surface area contributed by atoms with Crippen LogP contribution in [-0.4, -0.2) is 9.55 Å². The Balaban J connectivity index is 2.09. The van der Waals surface area contributed by atoms with Crippen LogP contribution in [-0.2, 0) is 0 Å². The van der Waals surface area contributed by atoms with Crippen molar-refractivity contribution in [2.45, 2.75) is 18.8 Å². The lowest BCUT2D eigenvalue weighted by molar-refractivity contribution is 0.897. The van der Waals surface area contributed by atoms with Crippen molar-refractivity contribution in [3.05, 3.63) is 52.3 Å². The van der Waals surface area contributed by atoms with E-state index in [2.05, 4.69) is 4.57 Å². The van der Waals surface area contributed by atoms with Crippen molar-refractivity contribution in [1.82, 2.24) is 9.55 Å². The highest BCUT2D eigenvalue weighted by Gasteiger charge is 2.31. The molecule has 21 heavy (non-hydrogen) atoms. The maximum Gasteiger partial charge on any atom is 0.117 e. The van der Waals surface area contributed by atoms with Crippen LogP contribution in [0.2, 0.25) is 10.0 Å². The highest BCUT2D eigenvalue weighted by Crippen LogP contribution is 2.43. The normalized spacial score (nSPS) is 14.8. The molecule has 1 aromatic heterocycles. The van der Waals surface area contributed by atoms with E-state index in [4.69, 9.17) is 33.9 Å². The fraction of sp³-hybridized carbons (Fsp3) is 0.188. The number of halogens is 2. The first-order valence-electron chi connectivity index (χ1n) is 6.87. The largest absolute Gasteiger partial charge is 0.399 e. The van der Waals surface area contributed by atoms with Gasteiger partial charge in [-0.15, -0.1) is 0 Å². The van der Waals surface area contributed by atoms with Crippen molar-refractivity contribution in [2.75, 3.05) is 5.73 Å². The second-order valence-electron chi connectivity index (χ2n) is 5.40. The average molecular weight is 318 g/mol. The van der Waals surface area contributed by atoms with Gasteiger partial charge in [-0.05, 0) is 43.2 Å². The van der Waals surface area contributed by atoms with Crippen LogP contribution in [0.25, 0.3) is 16.7 Å². The zero-order valence-corrected chi connectivity index (χ0v) is 12.7. The molecule has 0 aliphatic heterocycles. The lowest BCUT2D eigenvalue weighted by Gasteiger charge is -2.12. The van der Waals surface area contributed by atoms with Gasteiger partial charge in [0.05, 0.1) is 26.8 Å². The number of para-hydroxylation sites is 1. The Labute approximate surface area is 132 Å². The zero-order valence-electron chi connectivity index (χ0n) is 11.2. The first kappa shape index (κ1) is 13.0. The molecule has 3 nitrogen and oxygen atoms in total. The minimum absolute atomic E-state index is 0.478. The Morgan fingerprint density at radius 2 is 1.81 bits per heavy atom. The molecule has 0 atom stereocenters. The number of nitrogens with two attached hydrogens (primary N) is 1. The van der Waals surface area contributed by atoms with Crippen LogP contribution in [0.1, 0.15) is 24.6 Å². The molecule has 1 aliphatic carbocycles. The summed E-state index contributed by atoms with van der Waals surface area (Å²) in [5, 5.41) is 1.25. The van der Waals surface area contributed by atoms with Crippen molar-refractivity contribution in [2.24, 2.45) is 0 Å². The third-order valence-electron chi connectivity index (χ3n) is 3.81. The Bertz CT molecular complexity index is 830. The number of imidazole rings is 1. The fourth-order valence-electron chi connectivity index (χ4n) is 2.67. The molecule has 0 spiro atoms. The van der Waals surface area contributed by atoms with Crippen molar-refractivity contribution >= 4 is 39.9 Å². The molecule has 0 bridgehead atoms. The maximum atomic E-state index is 6.39. The van der Waals surface area contributed by atoms with Crippen LogP contribution in [0.3, 0.4) is 0 Å². The van der Waals surface area contributed by atoms with Gasteiger partial charge in [0.1, 0.15) is 5.82 Å². The number of hydrogen-bond acceptors (Lipinski definition) is 2. The van der Waals surface area contributed by atoms with Gasteiger partial charge >= 0.3 is 0 Å². The number of nitrogen functional groups attached to an aromatic ring is 1. The van der Waals surface area contributed by atoms with E-state index in [1.807, 2.05) is 36.4 Å². The molecule has 0 amide bonds. The summed E-state index contributed by atoms with van der Waals surface area (Å²) >= 11 is 12.8. The number of nitrogens with zero attached hydrogens (tertiary/aromatic N) is 2. The lowest BCUT2D eigenvalue weighted by atomic mass is 10.2. The molecule has 0 radical (unpaired) electrons. The molecule has 1 aliphatic rings. The minimum Gasteiger partial charge on any atom is -0.399 e. The van der Waals surface area contributed by atoms with Crippen LogP contribution in [0, 0.1) is 0 Å². The number of benzene rings is 2. The summed E-state index contributed by atoms with van der Waals surface area (Å²) in [4.78, 5) is 4.76. The maximum absolute atomic E-state index is 6.39. The summed E-state index contributed by atoms with van der Waals surface area (Å²) in [7, 11) is 0. The summed E-state index contributed by atoms with van der Waals surface area (Å²) in [6.45, 7) is 0. The number of rotatable bonds is 2. The molecule has 2 aromatic carbocycles. The molecule has 3 aromatic rings. The van der Waals surface area contributed by atoms with Crippen molar-refractivity contribution in [3.8, 4) is 5.69 Å². The van der Waals surface area contributed by atoms with Gasteiger partial charge in [0, 0.05) is 11.6 Å². The second-order valence-corrected chi connectivity index (χ2v) is 6.21. The van der Waals surface area contributed by atoms with E-state index in [1.165, 1.54) is 0 Å². The molecule has 4 rings (SSSR count). The predicted molar refractivity (Wildman–Crippen MR) is 87.5 cm³/mol. The Morgan fingerprint density at radius 3 is 2.48 bits per heavy atom. The Hall–Kier alpha value is -1.71. The smallest absolute Gasteiger partial charge is 0.117 e. The molecule has 0 saturated heterocycles. The molecular weight excluding hydrogens is 305 g/mol. The van der Waals surface area contributed by atoms with Gasteiger partial charge < -0.3 is 5.73 Å². The van der Waals surface area contributed by atoms with Crippen molar-refractivity contribution in [1.29, 1.82) is 0 Å². The van der Waals surface area contributed by atoms with Gasteiger partial charge in [0.15, 0.2) is 0 Å². The van der Waals surface area contributed by atoms with E-state index >= 15 is 0 Å². The second kappa shape index (κ2) is 4.65. The van der Waals surface area contributed by atoms with Gasteiger partial charge in [0.2, 0.25) is 0 Å². The molecule has 106 valence electrons. The first-order chi connectivity index (χ1) is 10.1. The van der Waals surface area contributed by atoms with Crippen LogP contribution < -0.4 is 5.73 Å². The third-order valence-corrected chi connectivity index (χ3v) is 4.42. The molecule has 1 fully saturated rings. The SMILES string of the molecule is Nc1ccc2c(c1)nc(C1CC1)n2-c1c(Cl)cccc1Cl. The number of hydrogen-bond donors (Lipinski definition) is 1. The molecule has 1 saturated carbocycles. The first-order valence-corrected chi connectivity index (χ1v) is 7.63. The van der Waals surface area contributed by atoms with Crippen molar-refractivity contribution in [3.63, 3.8) is 0 Å². The van der Waals surface area contributed by atoms with E-state index in [0.717, 1.165) is 35.4 Å². The summed E-state index contributed by atoms with van der Waals surface area (Å²) in [5.41, 5.74) is 9.25. The monoisotopic (exact) mass is 317 g/mol. The van der Waals surface area contributed by atoms with E-state index in [-0.39, 0.29) is 0 Å². The Kier molecular flexibility index (Phi) is 2.88. The van der Waals surface area contributed by atoms with E-state index in [0.29, 0.717) is 21.7 Å². The summed E-state index contributed by atoms with van der Waals surface area (Å²) in [6, 6.07) is 11.3. The average Bonchev–Trinajstić information content (AvgIpc) is 3.22. The van der Waals surface area contributed by atoms with Gasteiger partial charge in [0.25, 0.3) is 0 Å². The third kappa shape index (κ3) is 2.08. The van der Waals surface area contributed by atoms with Gasteiger partial charge in [-0.3, -0.25) is 4.57 Å². The molecular formula is C16H13Cl2N3. The minimum atomic E-state index is 0.478. The van der Waals surface area contributed by atoms with E-state index in [9.17, 15) is 0 Å². The van der Waals surface area contributed by atoms with E-state index in [1.54, 1.807) is 0 Å². The highest BCUT2D eigenvalue weighted by atomic mass is 35.5. The number of anilines is 1. The van der Waals surface area contributed by atoms with Crippen LogP contribution in [0.15, 0.2) is 36.4 Å². The quantitative estimate of drug-likeness (QED) is 0.690. The van der Waals surface area contributed by atoms with Gasteiger partial charge in [-0.1, -0.05) is 29.3 Å². The van der Waals surface area contributed by atoms with Gasteiger partial charge in [-0.2, -0.15) is 0 Å². The number of aromatic nitrogens is 2. The van der Waals surface area contributed by atoms with E-state index < -0.39 is 0 Å². The van der Waals surface area contributed by atoms with Crippen molar-refractivity contribution < 1.29 is 0 Å². The highest BCUT2D eigenvalue weighted by molar-refractivity contribution is 6.37. The summed E-state index contributed by atoms with van der Waals surface area (Å²) < 4.78 is 2.08. The molecule has 1 heterocycles. The Morgan fingerprint density at radius 1 is 1.10 bits per heavy atom. The number of fused-ring (bicyclic) bond motifs is 1. The fourth-order valence-corrected chi connectivity index (χ4v) is 3.24. The van der Waals surface area contributed by atoms with Crippen LogP contribution in [0.4, 0.5) is 5.69 Å².